The highest BCUT2D eigenvalue weighted by molar-refractivity contribution is 8.23. The van der Waals surface area contributed by atoms with Crippen LogP contribution in [0.4, 0.5) is 0 Å². The average Bonchev–Trinajstić information content (AvgIpc) is 3.17. The zero-order chi connectivity index (χ0) is 23.3. The number of esters is 1. The van der Waals surface area contributed by atoms with Gasteiger partial charge in [0, 0.05) is 5.75 Å². The van der Waals surface area contributed by atoms with Crippen molar-refractivity contribution in [2.75, 3.05) is 5.75 Å². The first-order valence-electron chi connectivity index (χ1n) is 10.5. The molecule has 0 aromatic heterocycles. The van der Waals surface area contributed by atoms with Crippen LogP contribution in [-0.4, -0.2) is 32.8 Å². The molecule has 0 radical (unpaired) electrons. The first-order chi connectivity index (χ1) is 15.2. The topological polar surface area (TPSA) is 67.9 Å². The molecule has 9 heteroatoms. The Bertz CT molecular complexity index is 1000. The highest BCUT2D eigenvalue weighted by Crippen LogP contribution is 2.54. The van der Waals surface area contributed by atoms with Crippen LogP contribution in [0.1, 0.15) is 31.9 Å². The van der Waals surface area contributed by atoms with E-state index in [1.807, 2.05) is 55.5 Å². The molecule has 0 saturated carbocycles. The van der Waals surface area contributed by atoms with Crippen LogP contribution in [0.15, 0.2) is 54.6 Å². The van der Waals surface area contributed by atoms with Crippen molar-refractivity contribution >= 4 is 41.9 Å². The lowest BCUT2D eigenvalue weighted by atomic mass is 10.1. The van der Waals surface area contributed by atoms with Gasteiger partial charge in [0.1, 0.15) is 22.7 Å². The molecule has 0 amide bonds. The van der Waals surface area contributed by atoms with E-state index in [4.69, 9.17) is 21.5 Å². The lowest BCUT2D eigenvalue weighted by molar-refractivity contribution is -0.146. The summed E-state index contributed by atoms with van der Waals surface area (Å²) >= 11 is 7.02. The van der Waals surface area contributed by atoms with Gasteiger partial charge in [0.25, 0.3) is 0 Å². The molecule has 0 spiro atoms. The fraction of sp³-hybridized carbons (Fsp3) is 0.391. The fourth-order valence-corrected chi connectivity index (χ4v) is 7.95. The van der Waals surface area contributed by atoms with Crippen molar-refractivity contribution in [2.45, 2.75) is 46.4 Å². The van der Waals surface area contributed by atoms with Crippen molar-refractivity contribution in [2.24, 2.45) is 5.92 Å². The standard InChI is InChI=1S/C23H29N2O4PS2/c1-16(2)20-15-32-23(31)25(20)30(27,29-21-13-9-8-10-17(21)3)24-18(4)22(26)28-14-19-11-6-5-7-12-19/h5-13,16,18,20H,14-15H2,1-4H3,(H,24,27)/t18-,20+,30+/m0/s1. The number of nitrogens with one attached hydrogen (secondary N) is 1. The summed E-state index contributed by atoms with van der Waals surface area (Å²) in [6.45, 7) is 7.76. The smallest absolute Gasteiger partial charge is 0.421 e. The lowest BCUT2D eigenvalue weighted by Gasteiger charge is -2.36. The highest BCUT2D eigenvalue weighted by atomic mass is 32.2. The number of thiocarbonyl (C=S) groups is 1. The molecule has 1 aliphatic heterocycles. The Morgan fingerprint density at radius 1 is 1.19 bits per heavy atom. The van der Waals surface area contributed by atoms with Gasteiger partial charge in [0.2, 0.25) is 0 Å². The van der Waals surface area contributed by atoms with Crippen LogP contribution in [0.3, 0.4) is 0 Å². The third kappa shape index (κ3) is 5.93. The van der Waals surface area contributed by atoms with Crippen molar-refractivity contribution in [1.82, 2.24) is 9.76 Å². The van der Waals surface area contributed by atoms with Crippen LogP contribution in [0.25, 0.3) is 0 Å². The van der Waals surface area contributed by atoms with Gasteiger partial charge in [-0.05, 0) is 37.0 Å². The van der Waals surface area contributed by atoms with Crippen LogP contribution in [0.5, 0.6) is 5.75 Å². The van der Waals surface area contributed by atoms with E-state index in [9.17, 15) is 9.36 Å². The number of para-hydroxylation sites is 1. The van der Waals surface area contributed by atoms with Gasteiger partial charge < -0.3 is 9.26 Å². The molecule has 0 aliphatic carbocycles. The number of hydrogen-bond acceptors (Lipinski definition) is 6. The second-order valence-electron chi connectivity index (χ2n) is 8.05. The molecule has 2 aromatic carbocycles. The van der Waals surface area contributed by atoms with Crippen LogP contribution >= 0.6 is 31.7 Å². The Morgan fingerprint density at radius 3 is 2.50 bits per heavy atom. The zero-order valence-corrected chi connectivity index (χ0v) is 21.2. The maximum Gasteiger partial charge on any atom is 0.421 e. The number of thioether (sulfide) groups is 1. The Morgan fingerprint density at radius 2 is 1.84 bits per heavy atom. The minimum absolute atomic E-state index is 0.0811. The van der Waals surface area contributed by atoms with Gasteiger partial charge in [-0.1, -0.05) is 86.4 Å². The summed E-state index contributed by atoms with van der Waals surface area (Å²) in [6, 6.07) is 15.8. The van der Waals surface area contributed by atoms with Gasteiger partial charge in [0.05, 0.1) is 6.04 Å². The predicted octanol–water partition coefficient (Wildman–Crippen LogP) is 5.56. The van der Waals surface area contributed by atoms with E-state index in [1.54, 1.807) is 17.7 Å². The molecular weight excluding hydrogens is 463 g/mol. The number of carbonyl (C=O) groups is 1. The number of benzene rings is 2. The molecule has 1 N–H and O–H groups in total. The summed E-state index contributed by atoms with van der Waals surface area (Å²) in [4.78, 5) is 12.7. The number of ether oxygens (including phenoxy) is 1. The summed E-state index contributed by atoms with van der Waals surface area (Å²) in [6.07, 6.45) is 0. The number of nitrogens with zero attached hydrogens (tertiary/aromatic N) is 1. The van der Waals surface area contributed by atoms with Crippen molar-refractivity contribution in [3.8, 4) is 5.75 Å². The summed E-state index contributed by atoms with van der Waals surface area (Å²) in [5.41, 5.74) is 1.72. The molecule has 1 aliphatic rings. The fourth-order valence-electron chi connectivity index (χ4n) is 3.28. The maximum atomic E-state index is 14.3. The van der Waals surface area contributed by atoms with Crippen LogP contribution in [0, 0.1) is 12.8 Å². The molecule has 32 heavy (non-hydrogen) atoms. The van der Waals surface area contributed by atoms with Crippen LogP contribution < -0.4 is 9.61 Å². The molecule has 1 saturated heterocycles. The highest BCUT2D eigenvalue weighted by Gasteiger charge is 2.47. The van der Waals surface area contributed by atoms with E-state index in [0.29, 0.717) is 15.8 Å². The van der Waals surface area contributed by atoms with E-state index in [2.05, 4.69) is 18.9 Å². The molecule has 0 unspecified atom stereocenters. The van der Waals surface area contributed by atoms with E-state index < -0.39 is 19.7 Å². The van der Waals surface area contributed by atoms with E-state index in [-0.39, 0.29) is 18.6 Å². The van der Waals surface area contributed by atoms with Gasteiger partial charge in [-0.3, -0.25) is 9.46 Å². The zero-order valence-electron chi connectivity index (χ0n) is 18.7. The molecular formula is C23H29N2O4PS2. The van der Waals surface area contributed by atoms with Crippen molar-refractivity contribution < 1.29 is 18.6 Å². The molecule has 0 bridgehead atoms. The van der Waals surface area contributed by atoms with Gasteiger partial charge in [-0.25, -0.2) is 9.65 Å². The van der Waals surface area contributed by atoms with Crippen LogP contribution in [-0.2, 0) is 20.7 Å². The summed E-state index contributed by atoms with van der Waals surface area (Å²) < 4.78 is 28.0. The quantitative estimate of drug-likeness (QED) is 0.277. The molecule has 172 valence electrons. The first-order valence-corrected chi connectivity index (χ1v) is 13.5. The summed E-state index contributed by atoms with van der Waals surface area (Å²) in [5, 5.41) is 2.95. The minimum Gasteiger partial charge on any atom is -0.460 e. The second-order valence-corrected chi connectivity index (χ2v) is 11.6. The van der Waals surface area contributed by atoms with E-state index in [1.165, 1.54) is 11.8 Å². The third-order valence-electron chi connectivity index (χ3n) is 5.18. The Balaban J connectivity index is 1.83. The van der Waals surface area contributed by atoms with Gasteiger partial charge in [-0.15, -0.1) is 0 Å². The molecule has 2 aromatic rings. The maximum absolute atomic E-state index is 14.3. The normalized spacial score (nSPS) is 19.0. The average molecular weight is 493 g/mol. The SMILES string of the molecule is Cc1ccccc1O[P@](=O)(N[C@@H](C)C(=O)OCc1ccccc1)N1C(=S)SC[C@@H]1C(C)C. The van der Waals surface area contributed by atoms with Gasteiger partial charge in [0.15, 0.2) is 0 Å². The molecule has 3 rings (SSSR count). The summed E-state index contributed by atoms with van der Waals surface area (Å²) in [5.74, 6) is 0.877. The van der Waals surface area contributed by atoms with Gasteiger partial charge in [-0.2, -0.15) is 0 Å². The largest absolute Gasteiger partial charge is 0.460 e. The lowest BCUT2D eigenvalue weighted by Crippen LogP contribution is -2.44. The van der Waals surface area contributed by atoms with Crippen molar-refractivity contribution in [3.63, 3.8) is 0 Å². The predicted molar refractivity (Wildman–Crippen MR) is 134 cm³/mol. The van der Waals surface area contributed by atoms with Crippen molar-refractivity contribution in [1.29, 1.82) is 0 Å². The van der Waals surface area contributed by atoms with Crippen molar-refractivity contribution in [3.05, 3.63) is 65.7 Å². The first kappa shape index (κ1) is 24.8. The minimum atomic E-state index is -3.77. The van der Waals surface area contributed by atoms with Crippen LogP contribution in [0.2, 0.25) is 0 Å². The number of rotatable bonds is 9. The monoisotopic (exact) mass is 492 g/mol. The molecule has 3 atom stereocenters. The third-order valence-corrected chi connectivity index (χ3v) is 9.18. The van der Waals surface area contributed by atoms with Gasteiger partial charge >= 0.3 is 13.6 Å². The summed E-state index contributed by atoms with van der Waals surface area (Å²) in [7, 11) is -3.77. The Kier molecular flexibility index (Phi) is 8.39. The molecule has 1 heterocycles. The second kappa shape index (κ2) is 10.8. The van der Waals surface area contributed by atoms with E-state index >= 15 is 0 Å². The Hall–Kier alpha value is -1.86. The number of carbonyl (C=O) groups excluding carboxylic acids is 1. The Labute approximate surface area is 199 Å². The molecule has 6 nitrogen and oxygen atoms in total. The number of hydrogen-bond donors (Lipinski definition) is 1. The van der Waals surface area contributed by atoms with E-state index in [0.717, 1.165) is 11.1 Å². The molecule has 1 fully saturated rings. The number of aryl methyl sites for hydroxylation is 1.